The summed E-state index contributed by atoms with van der Waals surface area (Å²) < 4.78 is 2.00. The molecule has 1 aromatic heterocycles. The molecule has 1 aromatic carbocycles. The molecule has 0 radical (unpaired) electrons. The van der Waals surface area contributed by atoms with Gasteiger partial charge in [0.15, 0.2) is 0 Å². The van der Waals surface area contributed by atoms with E-state index in [1.54, 1.807) is 20.2 Å². The van der Waals surface area contributed by atoms with Crippen molar-refractivity contribution in [1.29, 1.82) is 0 Å². The van der Waals surface area contributed by atoms with E-state index in [1.165, 1.54) is 23.6 Å². The Kier molecular flexibility index (Phi) is 10.2. The first-order valence-electron chi connectivity index (χ1n) is 14.0. The van der Waals surface area contributed by atoms with E-state index in [9.17, 15) is 24.3 Å². The van der Waals surface area contributed by atoms with Gasteiger partial charge >= 0.3 is 5.97 Å². The fraction of sp³-hybridized carbons (Fsp3) is 0.562. The molecule has 0 aliphatic rings. The lowest BCUT2D eigenvalue weighted by Gasteiger charge is -2.42. The number of likely N-dealkylation sites (N-methyl/N-ethyl adjacent to an activating group) is 2. The molecule has 0 aliphatic heterocycles. The number of carbonyl (C=O) groups excluding carboxylic acids is 3. The van der Waals surface area contributed by atoms with Gasteiger partial charge in [-0.25, -0.2) is 4.79 Å². The van der Waals surface area contributed by atoms with Crippen LogP contribution < -0.4 is 5.32 Å². The average Bonchev–Trinajstić information content (AvgIpc) is 3.21. The number of carbonyl (C=O) groups is 4. The van der Waals surface area contributed by atoms with E-state index < -0.39 is 40.8 Å². The maximum Gasteiger partial charge on any atom is 0.331 e. The van der Waals surface area contributed by atoms with Gasteiger partial charge in [0.2, 0.25) is 17.7 Å². The molecule has 2 rings (SSSR count). The van der Waals surface area contributed by atoms with Crippen LogP contribution in [0.3, 0.4) is 0 Å². The van der Waals surface area contributed by atoms with E-state index in [-0.39, 0.29) is 23.3 Å². The quantitative estimate of drug-likeness (QED) is 0.414. The van der Waals surface area contributed by atoms with Gasteiger partial charge in [-0.2, -0.15) is 0 Å². The van der Waals surface area contributed by atoms with Gasteiger partial charge in [-0.15, -0.1) is 0 Å². The Labute approximate surface area is 244 Å². The molecule has 0 saturated carbocycles. The summed E-state index contributed by atoms with van der Waals surface area (Å²) in [6.07, 6.45) is 3.56. The van der Waals surface area contributed by atoms with Gasteiger partial charge in [0, 0.05) is 56.2 Å². The molecule has 3 atom stereocenters. The Morgan fingerprint density at radius 3 is 2.02 bits per heavy atom. The van der Waals surface area contributed by atoms with Crippen LogP contribution in [-0.2, 0) is 31.6 Å². The summed E-state index contributed by atoms with van der Waals surface area (Å²) in [5.41, 5.74) is 0.546. The van der Waals surface area contributed by atoms with Gasteiger partial charge in [0.25, 0.3) is 0 Å². The number of hydrogen-bond acceptors (Lipinski definition) is 4. The van der Waals surface area contributed by atoms with E-state index in [4.69, 9.17) is 0 Å². The normalized spacial score (nSPS) is 14.9. The highest BCUT2D eigenvalue weighted by molar-refractivity contribution is 5.95. The molecule has 0 aliphatic carbocycles. The summed E-state index contributed by atoms with van der Waals surface area (Å²) in [6, 6.07) is 5.55. The lowest BCUT2D eigenvalue weighted by molar-refractivity contribution is -0.144. The van der Waals surface area contributed by atoms with Crippen molar-refractivity contribution in [3.8, 4) is 0 Å². The minimum atomic E-state index is -1.05. The van der Waals surface area contributed by atoms with Gasteiger partial charge in [-0.05, 0) is 29.9 Å². The summed E-state index contributed by atoms with van der Waals surface area (Å²) in [6.45, 7) is 16.2. The number of carboxylic acid groups (broad SMARTS) is 1. The first kappa shape index (κ1) is 33.6. The van der Waals surface area contributed by atoms with Crippen molar-refractivity contribution in [2.45, 2.75) is 85.9 Å². The van der Waals surface area contributed by atoms with Crippen molar-refractivity contribution in [3.05, 3.63) is 47.7 Å². The number of nitrogens with one attached hydrogen (secondary N) is 1. The highest BCUT2D eigenvalue weighted by atomic mass is 16.4. The van der Waals surface area contributed by atoms with Crippen molar-refractivity contribution in [2.24, 2.45) is 18.4 Å². The second-order valence-electron chi connectivity index (χ2n) is 13.1. The Morgan fingerprint density at radius 1 is 0.976 bits per heavy atom. The fourth-order valence-corrected chi connectivity index (χ4v) is 5.47. The molecular formula is C32H48N4O5. The Bertz CT molecular complexity index is 1330. The molecule has 1 unspecified atom stereocenters. The Morgan fingerprint density at radius 2 is 1.54 bits per heavy atom. The molecule has 3 amide bonds. The van der Waals surface area contributed by atoms with Crippen LogP contribution in [0.2, 0.25) is 0 Å². The summed E-state index contributed by atoms with van der Waals surface area (Å²) in [7, 11) is 5.18. The Balaban J connectivity index is 2.58. The topological polar surface area (TPSA) is 112 Å². The first-order chi connectivity index (χ1) is 18.7. The molecule has 41 heavy (non-hydrogen) atoms. The van der Waals surface area contributed by atoms with Gasteiger partial charge in [0.1, 0.15) is 12.1 Å². The molecular weight excluding hydrogens is 520 g/mol. The zero-order valence-electron chi connectivity index (χ0n) is 26.7. The van der Waals surface area contributed by atoms with E-state index in [2.05, 4.69) is 5.32 Å². The molecule has 1 heterocycles. The van der Waals surface area contributed by atoms with Crippen molar-refractivity contribution in [3.63, 3.8) is 0 Å². The fourth-order valence-electron chi connectivity index (χ4n) is 5.47. The molecule has 0 bridgehead atoms. The van der Waals surface area contributed by atoms with Crippen molar-refractivity contribution in [2.75, 3.05) is 14.1 Å². The molecule has 226 valence electrons. The highest BCUT2D eigenvalue weighted by Gasteiger charge is 2.45. The predicted octanol–water partition coefficient (Wildman–Crippen LogP) is 4.35. The third kappa shape index (κ3) is 7.18. The van der Waals surface area contributed by atoms with Gasteiger partial charge in [0.05, 0.1) is 6.04 Å². The SMILES string of the molecule is CC(=O)N(C)C(C(=O)N[C@H](C(=O)N(C)[C@H](/C=C(\C)C(=O)O)C(C)C)C(C)(C)C)C(C)(C)c1cn(C)c2ccccc12. The van der Waals surface area contributed by atoms with Gasteiger partial charge in [-0.3, -0.25) is 14.4 Å². The van der Waals surface area contributed by atoms with E-state index in [0.717, 1.165) is 16.5 Å². The van der Waals surface area contributed by atoms with Crippen LogP contribution in [0.5, 0.6) is 0 Å². The lowest BCUT2D eigenvalue weighted by atomic mass is 9.75. The number of aromatic nitrogens is 1. The van der Waals surface area contributed by atoms with Gasteiger partial charge in [-0.1, -0.05) is 72.7 Å². The van der Waals surface area contributed by atoms with Crippen LogP contribution >= 0.6 is 0 Å². The second-order valence-corrected chi connectivity index (χ2v) is 13.1. The smallest absolute Gasteiger partial charge is 0.331 e. The molecule has 2 aromatic rings. The minimum Gasteiger partial charge on any atom is -0.478 e. The van der Waals surface area contributed by atoms with Crippen molar-refractivity contribution in [1.82, 2.24) is 19.7 Å². The first-order valence-corrected chi connectivity index (χ1v) is 14.0. The monoisotopic (exact) mass is 568 g/mol. The lowest BCUT2D eigenvalue weighted by Crippen LogP contribution is -2.62. The summed E-state index contributed by atoms with van der Waals surface area (Å²) in [5.74, 6) is -2.19. The van der Waals surface area contributed by atoms with Crippen molar-refractivity contribution < 1.29 is 24.3 Å². The largest absolute Gasteiger partial charge is 0.478 e. The van der Waals surface area contributed by atoms with Gasteiger partial charge < -0.3 is 24.8 Å². The molecule has 0 spiro atoms. The number of hydrogen-bond donors (Lipinski definition) is 2. The van der Waals surface area contributed by atoms with E-state index in [1.807, 2.05) is 90.5 Å². The van der Waals surface area contributed by atoms with Crippen LogP contribution in [0.15, 0.2) is 42.1 Å². The molecule has 9 heteroatoms. The number of aryl methyl sites for hydroxylation is 1. The number of rotatable bonds is 10. The van der Waals surface area contributed by atoms with Crippen LogP contribution in [0, 0.1) is 11.3 Å². The highest BCUT2D eigenvalue weighted by Crippen LogP contribution is 2.37. The summed E-state index contributed by atoms with van der Waals surface area (Å²) >= 11 is 0. The number of carboxylic acids is 1. The minimum absolute atomic E-state index is 0.0727. The number of nitrogens with zero attached hydrogens (tertiary/aromatic N) is 3. The molecule has 9 nitrogen and oxygen atoms in total. The maximum absolute atomic E-state index is 14.2. The average molecular weight is 569 g/mol. The number of benzene rings is 1. The molecule has 0 fully saturated rings. The predicted molar refractivity (Wildman–Crippen MR) is 162 cm³/mol. The van der Waals surface area contributed by atoms with Crippen LogP contribution in [-0.4, -0.2) is 75.4 Å². The number of para-hydroxylation sites is 1. The molecule has 0 saturated heterocycles. The third-order valence-electron chi connectivity index (χ3n) is 8.04. The Hall–Kier alpha value is -3.62. The van der Waals surface area contributed by atoms with Crippen LogP contribution in [0.1, 0.15) is 67.9 Å². The standard InChI is InChI=1S/C32H48N4O5/c1-19(2)25(17-20(3)30(40)41)36(12)29(39)26(31(5,6)7)33-28(38)27(35(11)21(4)37)32(8,9)23-18-34(10)24-16-14-13-15-22(23)24/h13-19,25-27H,1-12H3,(H,33,38)(H,40,41)/b20-17+/t25-,26-,27?/m1/s1. The van der Waals surface area contributed by atoms with E-state index in [0.29, 0.717) is 0 Å². The molecule has 2 N–H and O–H groups in total. The summed E-state index contributed by atoms with van der Waals surface area (Å²) in [4.78, 5) is 55.4. The summed E-state index contributed by atoms with van der Waals surface area (Å²) in [5, 5.41) is 13.4. The van der Waals surface area contributed by atoms with Crippen molar-refractivity contribution >= 4 is 34.6 Å². The second kappa shape index (κ2) is 12.5. The third-order valence-corrected chi connectivity index (χ3v) is 8.04. The number of fused-ring (bicyclic) bond motifs is 1. The van der Waals surface area contributed by atoms with Crippen LogP contribution in [0.25, 0.3) is 10.9 Å². The zero-order chi connectivity index (χ0) is 31.6. The van der Waals surface area contributed by atoms with Crippen LogP contribution in [0.4, 0.5) is 0 Å². The number of aliphatic carboxylic acids is 1. The maximum atomic E-state index is 14.2. The zero-order valence-corrected chi connectivity index (χ0v) is 26.7. The number of amides is 3. The van der Waals surface area contributed by atoms with E-state index >= 15 is 0 Å².